The molecule has 2 atom stereocenters. The van der Waals surface area contributed by atoms with Gasteiger partial charge in [-0.25, -0.2) is 0 Å². The summed E-state index contributed by atoms with van der Waals surface area (Å²) in [6.07, 6.45) is 8.26. The van der Waals surface area contributed by atoms with Gasteiger partial charge in [-0.1, -0.05) is 83.2 Å². The van der Waals surface area contributed by atoms with E-state index in [1.54, 1.807) is 0 Å². The maximum atomic E-state index is 2.41. The van der Waals surface area contributed by atoms with Crippen molar-refractivity contribution in [2.24, 2.45) is 5.92 Å². The van der Waals surface area contributed by atoms with E-state index < -0.39 is 0 Å². The Balaban J connectivity index is 2.18. The molecule has 0 aromatic heterocycles. The van der Waals surface area contributed by atoms with Crippen molar-refractivity contribution >= 4 is 0 Å². The Morgan fingerprint density at radius 3 is 2.18 bits per heavy atom. The minimum Gasteiger partial charge on any atom is -0.0654 e. The second-order valence-corrected chi connectivity index (χ2v) is 5.49. The molecule has 17 heavy (non-hydrogen) atoms. The van der Waals surface area contributed by atoms with Gasteiger partial charge in [0.25, 0.3) is 0 Å². The largest absolute Gasteiger partial charge is 0.0654 e. The van der Waals surface area contributed by atoms with Gasteiger partial charge in [0, 0.05) is 0 Å². The normalized spacial score (nSPS) is 14.5. The molecule has 96 valence electrons. The van der Waals surface area contributed by atoms with Crippen molar-refractivity contribution in [3.63, 3.8) is 0 Å². The summed E-state index contributed by atoms with van der Waals surface area (Å²) in [7, 11) is 0. The van der Waals surface area contributed by atoms with E-state index in [4.69, 9.17) is 0 Å². The highest BCUT2D eigenvalue weighted by Crippen LogP contribution is 2.23. The zero-order chi connectivity index (χ0) is 12.5. The lowest BCUT2D eigenvalue weighted by Crippen LogP contribution is -1.98. The molecule has 0 fully saturated rings. The third-order valence-electron chi connectivity index (χ3n) is 3.75. The number of hydrogen-bond donors (Lipinski definition) is 0. The van der Waals surface area contributed by atoms with Gasteiger partial charge in [-0.15, -0.1) is 0 Å². The summed E-state index contributed by atoms with van der Waals surface area (Å²) in [5.74, 6) is 1.63. The Kier molecular flexibility index (Phi) is 7.00. The number of unbranched alkanes of at least 4 members (excludes halogenated alkanes) is 1. The molecule has 0 aliphatic heterocycles. The first kappa shape index (κ1) is 14.3. The minimum absolute atomic E-state index is 0.717. The van der Waals surface area contributed by atoms with Crippen molar-refractivity contribution in [1.29, 1.82) is 0 Å². The standard InChI is InChI=1S/C17H28/c1-4-5-10-15(2)11-9-12-16(3)17-13-7-6-8-14-17/h6-8,13-16H,4-5,9-12H2,1-3H3. The lowest BCUT2D eigenvalue weighted by atomic mass is 9.92. The molecule has 0 saturated heterocycles. The van der Waals surface area contributed by atoms with Crippen LogP contribution in [0.15, 0.2) is 30.3 Å². The third-order valence-corrected chi connectivity index (χ3v) is 3.75. The van der Waals surface area contributed by atoms with Crippen LogP contribution in [0.4, 0.5) is 0 Å². The highest BCUT2D eigenvalue weighted by atomic mass is 14.1. The van der Waals surface area contributed by atoms with Gasteiger partial charge in [0.15, 0.2) is 0 Å². The molecule has 2 unspecified atom stereocenters. The zero-order valence-corrected chi connectivity index (χ0v) is 11.8. The monoisotopic (exact) mass is 232 g/mol. The van der Waals surface area contributed by atoms with Gasteiger partial charge in [0.2, 0.25) is 0 Å². The lowest BCUT2D eigenvalue weighted by molar-refractivity contribution is 0.439. The molecule has 0 N–H and O–H groups in total. The smallest absolute Gasteiger partial charge is 0.0190 e. The van der Waals surface area contributed by atoms with Crippen LogP contribution in [0.25, 0.3) is 0 Å². The molecule has 0 amide bonds. The van der Waals surface area contributed by atoms with Crippen LogP contribution in [0.5, 0.6) is 0 Å². The van der Waals surface area contributed by atoms with E-state index in [1.165, 1.54) is 44.1 Å². The molecule has 1 aromatic carbocycles. The second kappa shape index (κ2) is 8.33. The summed E-state index contributed by atoms with van der Waals surface area (Å²) in [6, 6.07) is 10.9. The molecule has 0 spiro atoms. The molecule has 1 rings (SSSR count). The Morgan fingerprint density at radius 2 is 1.53 bits per heavy atom. The molecule has 0 bridgehead atoms. The summed E-state index contributed by atoms with van der Waals surface area (Å²) >= 11 is 0. The van der Waals surface area contributed by atoms with Crippen molar-refractivity contribution in [1.82, 2.24) is 0 Å². The van der Waals surface area contributed by atoms with Crippen molar-refractivity contribution in [2.75, 3.05) is 0 Å². The van der Waals surface area contributed by atoms with Crippen LogP contribution in [-0.4, -0.2) is 0 Å². The van der Waals surface area contributed by atoms with E-state index >= 15 is 0 Å². The van der Waals surface area contributed by atoms with Gasteiger partial charge in [0.05, 0.1) is 0 Å². The number of hydrogen-bond acceptors (Lipinski definition) is 0. The van der Waals surface area contributed by atoms with E-state index in [2.05, 4.69) is 51.1 Å². The SMILES string of the molecule is CCCCC(C)CCCC(C)c1ccccc1. The Morgan fingerprint density at radius 1 is 0.882 bits per heavy atom. The summed E-state index contributed by atoms with van der Waals surface area (Å²) in [6.45, 7) is 7.04. The average Bonchev–Trinajstić information content (AvgIpc) is 2.37. The van der Waals surface area contributed by atoms with Gasteiger partial charge >= 0.3 is 0 Å². The van der Waals surface area contributed by atoms with Gasteiger partial charge in [0.1, 0.15) is 0 Å². The predicted molar refractivity (Wildman–Crippen MR) is 77.4 cm³/mol. The molecule has 0 aliphatic rings. The number of benzene rings is 1. The van der Waals surface area contributed by atoms with Crippen LogP contribution in [0.1, 0.15) is 70.8 Å². The first-order valence-corrected chi connectivity index (χ1v) is 7.29. The van der Waals surface area contributed by atoms with Crippen molar-refractivity contribution in [2.45, 2.75) is 65.2 Å². The van der Waals surface area contributed by atoms with E-state index in [-0.39, 0.29) is 0 Å². The molecular weight excluding hydrogens is 204 g/mol. The summed E-state index contributed by atoms with van der Waals surface area (Å²) in [5.41, 5.74) is 1.49. The lowest BCUT2D eigenvalue weighted by Gasteiger charge is -2.14. The van der Waals surface area contributed by atoms with Gasteiger partial charge in [-0.05, 0) is 23.8 Å². The highest BCUT2D eigenvalue weighted by molar-refractivity contribution is 5.18. The van der Waals surface area contributed by atoms with Crippen molar-refractivity contribution in [3.05, 3.63) is 35.9 Å². The second-order valence-electron chi connectivity index (χ2n) is 5.49. The van der Waals surface area contributed by atoms with Crippen LogP contribution in [0.3, 0.4) is 0 Å². The molecule has 0 saturated carbocycles. The Hall–Kier alpha value is -0.780. The summed E-state index contributed by atoms with van der Waals surface area (Å²) < 4.78 is 0. The van der Waals surface area contributed by atoms with Gasteiger partial charge in [-0.3, -0.25) is 0 Å². The van der Waals surface area contributed by atoms with Crippen LogP contribution in [0.2, 0.25) is 0 Å². The molecular formula is C17H28. The average molecular weight is 232 g/mol. The third kappa shape index (κ3) is 5.91. The number of rotatable bonds is 8. The van der Waals surface area contributed by atoms with Gasteiger partial charge in [-0.2, -0.15) is 0 Å². The van der Waals surface area contributed by atoms with Crippen LogP contribution in [0, 0.1) is 5.92 Å². The highest BCUT2D eigenvalue weighted by Gasteiger charge is 2.06. The maximum Gasteiger partial charge on any atom is -0.0190 e. The first-order valence-electron chi connectivity index (χ1n) is 7.29. The van der Waals surface area contributed by atoms with E-state index in [1.807, 2.05) is 0 Å². The van der Waals surface area contributed by atoms with E-state index in [0.29, 0.717) is 0 Å². The first-order chi connectivity index (χ1) is 8.24. The Bertz CT molecular complexity index is 275. The van der Waals surface area contributed by atoms with Gasteiger partial charge < -0.3 is 0 Å². The minimum atomic E-state index is 0.717. The Labute approximate surface area is 107 Å². The van der Waals surface area contributed by atoms with Crippen LogP contribution >= 0.6 is 0 Å². The van der Waals surface area contributed by atoms with Crippen LogP contribution < -0.4 is 0 Å². The van der Waals surface area contributed by atoms with E-state index in [9.17, 15) is 0 Å². The zero-order valence-electron chi connectivity index (χ0n) is 11.8. The maximum absolute atomic E-state index is 2.41. The molecule has 0 heteroatoms. The molecule has 0 radical (unpaired) electrons. The quantitative estimate of drug-likeness (QED) is 0.532. The summed E-state index contributed by atoms with van der Waals surface area (Å²) in [4.78, 5) is 0. The van der Waals surface area contributed by atoms with Crippen molar-refractivity contribution < 1.29 is 0 Å². The molecule has 0 nitrogen and oxygen atoms in total. The molecule has 1 aromatic rings. The summed E-state index contributed by atoms with van der Waals surface area (Å²) in [5, 5.41) is 0. The fourth-order valence-electron chi connectivity index (χ4n) is 2.42. The fraction of sp³-hybridized carbons (Fsp3) is 0.647. The molecule has 0 aliphatic carbocycles. The van der Waals surface area contributed by atoms with Crippen LogP contribution in [-0.2, 0) is 0 Å². The topological polar surface area (TPSA) is 0 Å². The van der Waals surface area contributed by atoms with E-state index in [0.717, 1.165) is 11.8 Å². The predicted octanol–water partition coefficient (Wildman–Crippen LogP) is 5.79. The fourth-order valence-corrected chi connectivity index (χ4v) is 2.42. The van der Waals surface area contributed by atoms with Crippen molar-refractivity contribution in [3.8, 4) is 0 Å². The molecule has 0 heterocycles.